The molecule has 1 atom stereocenters. The summed E-state index contributed by atoms with van der Waals surface area (Å²) in [6, 6.07) is 0. The van der Waals surface area contributed by atoms with Gasteiger partial charge in [0.2, 0.25) is 0 Å². The van der Waals surface area contributed by atoms with Gasteiger partial charge in [-0.15, -0.1) is 0 Å². The Hall–Kier alpha value is 0. The van der Waals surface area contributed by atoms with Crippen molar-refractivity contribution >= 4 is 0 Å². The summed E-state index contributed by atoms with van der Waals surface area (Å²) in [6.45, 7) is 14.3. The van der Waals surface area contributed by atoms with Crippen LogP contribution in [0.25, 0.3) is 0 Å². The van der Waals surface area contributed by atoms with Gasteiger partial charge < -0.3 is 0 Å². The first-order valence-electron chi connectivity index (χ1n) is 3.11. The third-order valence-corrected chi connectivity index (χ3v) is 1.57. The molecule has 0 fully saturated rings. The van der Waals surface area contributed by atoms with Crippen LogP contribution in [-0.4, -0.2) is 0 Å². The molecule has 0 bridgehead atoms. The minimum absolute atomic E-state index is 0.335. The van der Waals surface area contributed by atoms with Gasteiger partial charge in [0, 0.05) is 0 Å². The van der Waals surface area contributed by atoms with E-state index in [2.05, 4.69) is 34.6 Å². The van der Waals surface area contributed by atoms with Gasteiger partial charge in [-0.25, -0.2) is 0 Å². The molecule has 0 aromatic rings. The van der Waals surface area contributed by atoms with Crippen LogP contribution in [0.5, 0.6) is 0 Å². The SMILES string of the molecule is [CH2]CC([CH2])C(C)(C)C. The lowest BCUT2D eigenvalue weighted by molar-refractivity contribution is 0.292. The molecule has 0 saturated heterocycles. The van der Waals surface area contributed by atoms with Crippen LogP contribution >= 0.6 is 0 Å². The molecule has 0 aliphatic rings. The summed E-state index contributed by atoms with van der Waals surface area (Å²) in [6.07, 6.45) is 0.934. The molecular weight excluding hydrogens is 96.1 g/mol. The van der Waals surface area contributed by atoms with E-state index >= 15 is 0 Å². The average Bonchev–Trinajstić information content (AvgIpc) is 1.62. The zero-order valence-corrected chi connectivity index (χ0v) is 6.20. The third-order valence-electron chi connectivity index (χ3n) is 1.57. The maximum Gasteiger partial charge on any atom is -0.0354 e. The van der Waals surface area contributed by atoms with Gasteiger partial charge >= 0.3 is 0 Å². The van der Waals surface area contributed by atoms with Crippen LogP contribution in [0.3, 0.4) is 0 Å². The van der Waals surface area contributed by atoms with E-state index in [-0.39, 0.29) is 0 Å². The molecule has 0 nitrogen and oxygen atoms in total. The van der Waals surface area contributed by atoms with Crippen LogP contribution in [0.2, 0.25) is 0 Å². The number of rotatable bonds is 1. The highest BCUT2D eigenvalue weighted by molar-refractivity contribution is 4.75. The largest absolute Gasteiger partial charge is 0.0599 e. The van der Waals surface area contributed by atoms with E-state index in [4.69, 9.17) is 0 Å². The van der Waals surface area contributed by atoms with Crippen LogP contribution in [-0.2, 0) is 0 Å². The van der Waals surface area contributed by atoms with Crippen LogP contribution in [0.4, 0.5) is 0 Å². The van der Waals surface area contributed by atoms with Crippen molar-refractivity contribution in [2.24, 2.45) is 11.3 Å². The first kappa shape index (κ1) is 8.00. The zero-order valence-electron chi connectivity index (χ0n) is 6.20. The Bertz CT molecular complexity index is 56.9. The van der Waals surface area contributed by atoms with E-state index < -0.39 is 0 Å². The molecule has 8 heavy (non-hydrogen) atoms. The molecule has 1 unspecified atom stereocenters. The summed E-state index contributed by atoms with van der Waals surface area (Å²) < 4.78 is 0. The van der Waals surface area contributed by atoms with E-state index in [1.165, 1.54) is 0 Å². The maximum atomic E-state index is 3.97. The van der Waals surface area contributed by atoms with Gasteiger partial charge in [-0.2, -0.15) is 0 Å². The second-order valence-corrected chi connectivity index (χ2v) is 3.35. The Kier molecular flexibility index (Phi) is 2.52. The molecule has 2 radical (unpaired) electrons. The maximum absolute atomic E-state index is 3.97. The first-order valence-corrected chi connectivity index (χ1v) is 3.11. The van der Waals surface area contributed by atoms with E-state index in [9.17, 15) is 0 Å². The number of hydrogen-bond donors (Lipinski definition) is 0. The van der Waals surface area contributed by atoms with E-state index in [1.807, 2.05) is 0 Å². The molecule has 0 heterocycles. The fourth-order valence-electron chi connectivity index (χ4n) is 0.433. The molecule has 0 aromatic heterocycles. The fraction of sp³-hybridized carbons (Fsp3) is 0.750. The molecule has 0 aliphatic heterocycles. The van der Waals surface area contributed by atoms with Crippen LogP contribution < -0.4 is 0 Å². The Balaban J connectivity index is 3.62. The minimum Gasteiger partial charge on any atom is -0.0599 e. The van der Waals surface area contributed by atoms with Crippen molar-refractivity contribution in [3.8, 4) is 0 Å². The molecule has 0 heteroatoms. The van der Waals surface area contributed by atoms with Gasteiger partial charge in [-0.1, -0.05) is 27.7 Å². The summed E-state index contributed by atoms with van der Waals surface area (Å²) in [5, 5.41) is 0. The standard InChI is InChI=1S/C8H16/c1-6-7(2)8(3,4)5/h7H,1-2,6H2,3-5H3. The molecule has 0 N–H and O–H groups in total. The first-order chi connectivity index (χ1) is 3.48. The molecule has 0 aromatic carbocycles. The molecule has 0 spiro atoms. The smallest absolute Gasteiger partial charge is 0.0354 e. The van der Waals surface area contributed by atoms with Gasteiger partial charge in [0.25, 0.3) is 0 Å². The van der Waals surface area contributed by atoms with Crippen molar-refractivity contribution in [1.29, 1.82) is 0 Å². The van der Waals surface area contributed by atoms with Crippen LogP contribution in [0.15, 0.2) is 0 Å². The minimum atomic E-state index is 0.335. The second kappa shape index (κ2) is 2.52. The van der Waals surface area contributed by atoms with Crippen molar-refractivity contribution < 1.29 is 0 Å². The molecular formula is C8H16. The quantitative estimate of drug-likeness (QED) is 0.489. The van der Waals surface area contributed by atoms with Gasteiger partial charge in [-0.05, 0) is 24.7 Å². The van der Waals surface area contributed by atoms with Gasteiger partial charge in [0.1, 0.15) is 0 Å². The zero-order chi connectivity index (χ0) is 6.78. The molecule has 0 amide bonds. The monoisotopic (exact) mass is 112 g/mol. The van der Waals surface area contributed by atoms with Gasteiger partial charge in [0.05, 0.1) is 0 Å². The summed E-state index contributed by atoms with van der Waals surface area (Å²) in [5.74, 6) is 0.488. The Labute approximate surface area is 53.3 Å². The van der Waals surface area contributed by atoms with Gasteiger partial charge in [-0.3, -0.25) is 0 Å². The highest BCUT2D eigenvalue weighted by atomic mass is 14.2. The molecule has 0 rings (SSSR count). The van der Waals surface area contributed by atoms with Crippen LogP contribution in [0.1, 0.15) is 27.2 Å². The Morgan fingerprint density at radius 2 is 1.75 bits per heavy atom. The van der Waals surface area contributed by atoms with Crippen molar-refractivity contribution in [1.82, 2.24) is 0 Å². The lowest BCUT2D eigenvalue weighted by Gasteiger charge is -2.25. The lowest BCUT2D eigenvalue weighted by atomic mass is 9.81. The normalized spacial score (nSPS) is 16.1. The molecule has 0 saturated carbocycles. The molecule has 0 aliphatic carbocycles. The molecule has 48 valence electrons. The van der Waals surface area contributed by atoms with E-state index in [0.29, 0.717) is 11.3 Å². The highest BCUT2D eigenvalue weighted by Crippen LogP contribution is 2.26. The number of hydrogen-bond acceptors (Lipinski definition) is 0. The highest BCUT2D eigenvalue weighted by Gasteiger charge is 2.17. The van der Waals surface area contributed by atoms with Crippen molar-refractivity contribution in [3.05, 3.63) is 13.8 Å². The summed E-state index contributed by atoms with van der Waals surface area (Å²) in [7, 11) is 0. The third kappa shape index (κ3) is 2.34. The summed E-state index contributed by atoms with van der Waals surface area (Å²) in [5.41, 5.74) is 0.335. The topological polar surface area (TPSA) is 0 Å². The summed E-state index contributed by atoms with van der Waals surface area (Å²) in [4.78, 5) is 0. The predicted molar refractivity (Wildman–Crippen MR) is 38.3 cm³/mol. The predicted octanol–water partition coefficient (Wildman–Crippen LogP) is 2.71. The lowest BCUT2D eigenvalue weighted by Crippen LogP contribution is -2.16. The fourth-order valence-corrected chi connectivity index (χ4v) is 0.433. The van der Waals surface area contributed by atoms with Crippen molar-refractivity contribution in [3.63, 3.8) is 0 Å². The summed E-state index contributed by atoms with van der Waals surface area (Å²) >= 11 is 0. The Morgan fingerprint density at radius 1 is 1.38 bits per heavy atom. The average molecular weight is 112 g/mol. The Morgan fingerprint density at radius 3 is 1.75 bits per heavy atom. The van der Waals surface area contributed by atoms with E-state index in [0.717, 1.165) is 6.42 Å². The van der Waals surface area contributed by atoms with Crippen LogP contribution in [0, 0.1) is 25.2 Å². The second-order valence-electron chi connectivity index (χ2n) is 3.35. The van der Waals surface area contributed by atoms with Crippen molar-refractivity contribution in [2.45, 2.75) is 27.2 Å². The van der Waals surface area contributed by atoms with Gasteiger partial charge in [0.15, 0.2) is 0 Å². The van der Waals surface area contributed by atoms with E-state index in [1.54, 1.807) is 0 Å². The van der Waals surface area contributed by atoms with Crippen molar-refractivity contribution in [2.75, 3.05) is 0 Å².